The zero-order valence-corrected chi connectivity index (χ0v) is 12.7. The Morgan fingerprint density at radius 1 is 1.16 bits per heavy atom. The lowest BCUT2D eigenvalue weighted by molar-refractivity contribution is -0.140. The molecule has 0 aromatic heterocycles. The van der Waals surface area contributed by atoms with Crippen molar-refractivity contribution >= 4 is 5.97 Å². The van der Waals surface area contributed by atoms with Crippen molar-refractivity contribution in [3.05, 3.63) is 29.8 Å². The number of hydrogen-bond acceptors (Lipinski definition) is 3. The van der Waals surface area contributed by atoms with E-state index in [9.17, 15) is 4.79 Å². The molecule has 0 spiro atoms. The van der Waals surface area contributed by atoms with Gasteiger partial charge < -0.3 is 9.47 Å². The molecule has 0 N–H and O–H groups in total. The molecule has 1 rings (SSSR count). The van der Waals surface area contributed by atoms with Crippen LogP contribution >= 0.6 is 0 Å². The third kappa shape index (κ3) is 9.11. The summed E-state index contributed by atoms with van der Waals surface area (Å²) < 4.78 is 10.1. The van der Waals surface area contributed by atoms with E-state index in [1.807, 2.05) is 12.1 Å². The summed E-state index contributed by atoms with van der Waals surface area (Å²) >= 11 is 0. The molecule has 1 aromatic carbocycles. The zero-order chi connectivity index (χ0) is 14.7. The number of carbonyl (C=O) groups is 1. The lowest BCUT2D eigenvalue weighted by Crippen LogP contribution is -2.09. The number of benzene rings is 1. The van der Waals surface area contributed by atoms with Gasteiger partial charge in [0.05, 0.1) is 12.7 Å². The Hall–Kier alpha value is -1.51. The highest BCUT2D eigenvalue weighted by molar-refractivity contribution is 5.65. The molecular formula is C16H26O3. The Morgan fingerprint density at radius 2 is 1.74 bits per heavy atom. The molecule has 0 radical (unpaired) electrons. The van der Waals surface area contributed by atoms with Crippen LogP contribution in [0.25, 0.3) is 0 Å². The fourth-order valence-electron chi connectivity index (χ4n) is 1.32. The van der Waals surface area contributed by atoms with Crippen molar-refractivity contribution in [2.24, 2.45) is 0 Å². The van der Waals surface area contributed by atoms with Gasteiger partial charge in [0.15, 0.2) is 0 Å². The molecule has 0 aliphatic rings. The molecule has 1 aromatic rings. The largest absolute Gasteiger partial charge is 0.491 e. The molecule has 1 unspecified atom stereocenters. The zero-order valence-electron chi connectivity index (χ0n) is 12.7. The van der Waals surface area contributed by atoms with Crippen LogP contribution in [-0.4, -0.2) is 18.7 Å². The SMILES string of the molecule is CCOC(C)=O.CCc1ccc(OC(C)CC)cc1. The first-order valence-electron chi connectivity index (χ1n) is 6.92. The molecule has 0 heterocycles. The third-order valence-electron chi connectivity index (χ3n) is 2.59. The van der Waals surface area contributed by atoms with Gasteiger partial charge in [-0.3, -0.25) is 4.79 Å². The summed E-state index contributed by atoms with van der Waals surface area (Å²) in [5.74, 6) is 0.768. The number of rotatable bonds is 5. The van der Waals surface area contributed by atoms with Crippen molar-refractivity contribution in [1.82, 2.24) is 0 Å². The first kappa shape index (κ1) is 17.5. The minimum absolute atomic E-state index is 0.211. The second kappa shape index (κ2) is 10.4. The normalized spacial score (nSPS) is 11.0. The van der Waals surface area contributed by atoms with E-state index >= 15 is 0 Å². The molecule has 19 heavy (non-hydrogen) atoms. The van der Waals surface area contributed by atoms with Crippen LogP contribution in [0.3, 0.4) is 0 Å². The molecule has 3 heteroatoms. The van der Waals surface area contributed by atoms with Crippen LogP contribution in [0.15, 0.2) is 24.3 Å². The predicted molar refractivity (Wildman–Crippen MR) is 78.5 cm³/mol. The molecule has 0 saturated carbocycles. The lowest BCUT2D eigenvalue weighted by Gasteiger charge is -2.12. The second-order valence-electron chi connectivity index (χ2n) is 4.26. The molecule has 0 aliphatic carbocycles. The van der Waals surface area contributed by atoms with E-state index in [2.05, 4.69) is 37.6 Å². The number of esters is 1. The summed E-state index contributed by atoms with van der Waals surface area (Å²) in [4.78, 5) is 9.82. The van der Waals surface area contributed by atoms with Gasteiger partial charge in [0, 0.05) is 6.92 Å². The van der Waals surface area contributed by atoms with Crippen LogP contribution < -0.4 is 4.74 Å². The first-order valence-corrected chi connectivity index (χ1v) is 6.92. The van der Waals surface area contributed by atoms with Crippen molar-refractivity contribution < 1.29 is 14.3 Å². The Morgan fingerprint density at radius 3 is 2.05 bits per heavy atom. The van der Waals surface area contributed by atoms with Crippen LogP contribution in [0, 0.1) is 0 Å². The van der Waals surface area contributed by atoms with Crippen LogP contribution in [0.2, 0.25) is 0 Å². The van der Waals surface area contributed by atoms with E-state index in [0.717, 1.165) is 18.6 Å². The predicted octanol–water partition coefficient (Wildman–Crippen LogP) is 4.00. The van der Waals surface area contributed by atoms with Gasteiger partial charge in [-0.25, -0.2) is 0 Å². The minimum atomic E-state index is -0.211. The van der Waals surface area contributed by atoms with Gasteiger partial charge in [0.1, 0.15) is 5.75 Å². The number of hydrogen-bond donors (Lipinski definition) is 0. The fourth-order valence-corrected chi connectivity index (χ4v) is 1.32. The average Bonchev–Trinajstić information content (AvgIpc) is 2.40. The van der Waals surface area contributed by atoms with Gasteiger partial charge in [-0.05, 0) is 44.4 Å². The number of aryl methyl sites for hydroxylation is 1. The van der Waals surface area contributed by atoms with E-state index < -0.39 is 0 Å². The molecule has 0 amide bonds. The van der Waals surface area contributed by atoms with Gasteiger partial charge in [-0.2, -0.15) is 0 Å². The molecule has 108 valence electrons. The Labute approximate surface area is 116 Å². The molecule has 0 fully saturated rings. The van der Waals surface area contributed by atoms with Gasteiger partial charge in [-0.1, -0.05) is 26.0 Å². The minimum Gasteiger partial charge on any atom is -0.491 e. The highest BCUT2D eigenvalue weighted by Gasteiger charge is 1.99. The third-order valence-corrected chi connectivity index (χ3v) is 2.59. The fraction of sp³-hybridized carbons (Fsp3) is 0.562. The van der Waals surface area contributed by atoms with Crippen molar-refractivity contribution in [2.45, 2.75) is 53.6 Å². The average molecular weight is 266 g/mol. The van der Waals surface area contributed by atoms with Crippen LogP contribution in [-0.2, 0) is 16.0 Å². The quantitative estimate of drug-likeness (QED) is 0.756. The second-order valence-corrected chi connectivity index (χ2v) is 4.26. The van der Waals surface area contributed by atoms with Crippen molar-refractivity contribution in [3.8, 4) is 5.75 Å². The van der Waals surface area contributed by atoms with E-state index in [4.69, 9.17) is 4.74 Å². The molecule has 3 nitrogen and oxygen atoms in total. The Bertz CT molecular complexity index is 344. The summed E-state index contributed by atoms with van der Waals surface area (Å²) in [6.45, 7) is 10.0. The highest BCUT2D eigenvalue weighted by Crippen LogP contribution is 2.14. The van der Waals surface area contributed by atoms with E-state index in [-0.39, 0.29) is 5.97 Å². The van der Waals surface area contributed by atoms with Crippen LogP contribution in [0.5, 0.6) is 5.75 Å². The van der Waals surface area contributed by atoms with Gasteiger partial charge >= 0.3 is 5.97 Å². The van der Waals surface area contributed by atoms with Gasteiger partial charge in [0.25, 0.3) is 0 Å². The summed E-state index contributed by atoms with van der Waals surface area (Å²) in [7, 11) is 0. The van der Waals surface area contributed by atoms with Gasteiger partial charge in [0.2, 0.25) is 0 Å². The van der Waals surface area contributed by atoms with Crippen molar-refractivity contribution in [3.63, 3.8) is 0 Å². The van der Waals surface area contributed by atoms with E-state index in [1.165, 1.54) is 12.5 Å². The Balaban J connectivity index is 0.000000459. The molecule has 0 aliphatic heterocycles. The highest BCUT2D eigenvalue weighted by atomic mass is 16.5. The maximum absolute atomic E-state index is 9.82. The summed E-state index contributed by atoms with van der Waals surface area (Å²) in [6, 6.07) is 8.34. The van der Waals surface area contributed by atoms with Crippen molar-refractivity contribution in [1.29, 1.82) is 0 Å². The summed E-state index contributed by atoms with van der Waals surface area (Å²) in [5.41, 5.74) is 1.36. The monoisotopic (exact) mass is 266 g/mol. The maximum atomic E-state index is 9.82. The molecule has 0 saturated heterocycles. The lowest BCUT2D eigenvalue weighted by atomic mass is 10.2. The molecule has 0 bridgehead atoms. The smallest absolute Gasteiger partial charge is 0.302 e. The van der Waals surface area contributed by atoms with E-state index in [0.29, 0.717) is 12.7 Å². The van der Waals surface area contributed by atoms with Crippen LogP contribution in [0.4, 0.5) is 0 Å². The van der Waals surface area contributed by atoms with Gasteiger partial charge in [-0.15, -0.1) is 0 Å². The van der Waals surface area contributed by atoms with Crippen LogP contribution in [0.1, 0.15) is 46.6 Å². The standard InChI is InChI=1S/C12H18O.C4H8O2/c1-4-10(3)13-12-8-6-11(5-2)7-9-12;1-3-6-4(2)5/h6-10H,4-5H2,1-3H3;3H2,1-2H3. The Kier molecular flexibility index (Phi) is 9.59. The number of ether oxygens (including phenoxy) is 2. The first-order chi connectivity index (χ1) is 9.03. The summed E-state index contributed by atoms with van der Waals surface area (Å²) in [5, 5.41) is 0. The topological polar surface area (TPSA) is 35.5 Å². The maximum Gasteiger partial charge on any atom is 0.302 e. The van der Waals surface area contributed by atoms with E-state index in [1.54, 1.807) is 6.92 Å². The molecular weight excluding hydrogens is 240 g/mol. The van der Waals surface area contributed by atoms with Crippen molar-refractivity contribution in [2.75, 3.05) is 6.61 Å². The number of carbonyl (C=O) groups excluding carboxylic acids is 1. The summed E-state index contributed by atoms with van der Waals surface area (Å²) in [6.07, 6.45) is 2.45. The molecule has 1 atom stereocenters.